The van der Waals surface area contributed by atoms with E-state index in [0.29, 0.717) is 54.9 Å². The van der Waals surface area contributed by atoms with Crippen LogP contribution in [0, 0.1) is 35.5 Å². The van der Waals surface area contributed by atoms with Crippen molar-refractivity contribution in [2.24, 2.45) is 35.5 Å². The zero-order valence-electron chi connectivity index (χ0n) is 40.0. The second-order valence-corrected chi connectivity index (χ2v) is 21.8. The molecule has 1 amide bonds. The minimum Gasteiger partial charge on any atom is -0.460 e. The van der Waals surface area contributed by atoms with Crippen LogP contribution in [0.15, 0.2) is 47.6 Å². The number of amides is 1. The van der Waals surface area contributed by atoms with Crippen LogP contribution >= 0.6 is 30.1 Å². The average molecular weight is 1040 g/mol. The fraction of sp³-hybridized carbons (Fsp3) is 0.740. The van der Waals surface area contributed by atoms with Crippen LogP contribution in [0.3, 0.4) is 0 Å². The first-order valence-electron chi connectivity index (χ1n) is 23.7. The summed E-state index contributed by atoms with van der Waals surface area (Å²) < 4.78 is 23.8. The van der Waals surface area contributed by atoms with Gasteiger partial charge in [-0.2, -0.15) is 0 Å². The minimum atomic E-state index is -2.47. The Morgan fingerprint density at radius 3 is 2.31 bits per heavy atom. The SMILES string of the molecule is CO[C@@H]1CC(C[C@@H](C)[C@@H]2CC(=O)[C@H](C)/C=C(\C)[C@@H](O)[C@@H](OC)C(=O)[C@H](C)C[C@H](C)/C=C/C=C/C=C(\C)[C@@H](O)C[C@@H]3CC[C@@H](C)[C@@](O)(O3)C(=O)C(=O)N3CCCCC3C(=O)O2)CCC1SI. The number of allylic oxidation sites excluding steroid dienone is 6. The molecule has 0 radical (unpaired) electrons. The smallest absolute Gasteiger partial charge is 0.329 e. The van der Waals surface area contributed by atoms with Gasteiger partial charge in [-0.1, -0.05) is 80.0 Å². The fourth-order valence-electron chi connectivity index (χ4n) is 9.93. The van der Waals surface area contributed by atoms with Gasteiger partial charge in [-0.05, 0) is 128 Å². The summed E-state index contributed by atoms with van der Waals surface area (Å²) in [4.78, 5) is 71.7. The normalized spacial score (nSPS) is 40.4. The van der Waals surface area contributed by atoms with Crippen LogP contribution < -0.4 is 0 Å². The number of methoxy groups -OCH3 is 2. The number of hydrogen-bond acceptors (Lipinski definition) is 13. The Labute approximate surface area is 403 Å². The van der Waals surface area contributed by atoms with E-state index in [1.165, 1.54) is 12.0 Å². The van der Waals surface area contributed by atoms with E-state index < -0.39 is 77.8 Å². The molecule has 0 aromatic heterocycles. The lowest BCUT2D eigenvalue weighted by Gasteiger charge is -2.42. The maximum absolute atomic E-state index is 14.4. The molecule has 3 aliphatic heterocycles. The standard InChI is InChI=1S/C50H76INO12S/c1-29-15-11-10-12-16-30(2)39(53)27-37-20-18-35(7)50(60,64-37)47(57)48(58)52-22-14-13-17-38(52)49(59)63-41(32(4)25-36-19-21-43(65-51)42(26-36)61-8)28-40(54)31(3)24-34(6)45(56)46(62-9)44(55)33(5)23-29/h10-12,15-16,24,29,31-33,35-39,41-43,45-46,53,56,60H,13-14,17-23,25-28H2,1-9H3/b12-10+,15-11+,30-16+,34-24+/t29-,31-,32-,33-,35-,36?,37+,38?,39+,41+,42-,43?,45-,46+,50-/m1/s1. The molecule has 2 bridgehead atoms. The van der Waals surface area contributed by atoms with Crippen LogP contribution in [0.4, 0.5) is 0 Å². The number of ketones is 3. The van der Waals surface area contributed by atoms with E-state index in [4.69, 9.17) is 18.9 Å². The first-order chi connectivity index (χ1) is 30.7. The van der Waals surface area contributed by atoms with E-state index >= 15 is 0 Å². The van der Waals surface area contributed by atoms with Crippen LogP contribution in [-0.4, -0.2) is 124 Å². The summed E-state index contributed by atoms with van der Waals surface area (Å²) in [7, 11) is 4.87. The van der Waals surface area contributed by atoms with Crippen LogP contribution in [0.25, 0.3) is 0 Å². The summed E-state index contributed by atoms with van der Waals surface area (Å²) in [6, 6.07) is -1.13. The topological polar surface area (TPSA) is 186 Å². The predicted molar refractivity (Wildman–Crippen MR) is 260 cm³/mol. The van der Waals surface area contributed by atoms with E-state index in [-0.39, 0.29) is 61.2 Å². The van der Waals surface area contributed by atoms with Gasteiger partial charge in [-0.15, -0.1) is 0 Å². The quantitative estimate of drug-likeness (QED) is 0.102. The van der Waals surface area contributed by atoms with Crippen molar-refractivity contribution in [1.82, 2.24) is 4.90 Å². The van der Waals surface area contributed by atoms with Gasteiger partial charge in [-0.3, -0.25) is 19.2 Å². The van der Waals surface area contributed by atoms with Crippen LogP contribution in [0.2, 0.25) is 0 Å². The molecule has 3 fully saturated rings. The first kappa shape index (κ1) is 55.3. The molecular weight excluding hydrogens is 966 g/mol. The molecule has 3 N–H and O–H groups in total. The summed E-state index contributed by atoms with van der Waals surface area (Å²) in [5.74, 6) is -7.81. The zero-order valence-corrected chi connectivity index (χ0v) is 43.0. The number of carbonyl (C=O) groups excluding carboxylic acids is 5. The highest BCUT2D eigenvalue weighted by atomic mass is 127. The van der Waals surface area contributed by atoms with E-state index in [1.807, 2.05) is 39.0 Å². The third-order valence-corrected chi connectivity index (χ3v) is 17.0. The van der Waals surface area contributed by atoms with Gasteiger partial charge < -0.3 is 39.2 Å². The van der Waals surface area contributed by atoms with Crippen LogP contribution in [-0.2, 0) is 42.9 Å². The van der Waals surface area contributed by atoms with Gasteiger partial charge in [0.1, 0.15) is 30.1 Å². The number of Topliss-reactive ketones (excluding diaryl/α,β-unsaturated/α-hetero) is 3. The Morgan fingerprint density at radius 2 is 1.63 bits per heavy atom. The number of aliphatic hydroxyl groups excluding tert-OH is 2. The molecule has 15 atom stereocenters. The molecule has 0 aromatic rings. The van der Waals surface area contributed by atoms with E-state index in [2.05, 4.69) is 21.2 Å². The Kier molecular flexibility index (Phi) is 22.1. The van der Waals surface area contributed by atoms with Crippen molar-refractivity contribution in [1.29, 1.82) is 0 Å². The van der Waals surface area contributed by atoms with Crippen molar-refractivity contribution in [3.05, 3.63) is 47.6 Å². The molecule has 15 heteroatoms. The summed E-state index contributed by atoms with van der Waals surface area (Å²) in [5.41, 5.74) is 1.03. The molecule has 1 aliphatic carbocycles. The lowest BCUT2D eigenvalue weighted by atomic mass is 9.79. The maximum atomic E-state index is 14.4. The monoisotopic (exact) mass is 1040 g/mol. The fourth-order valence-corrected chi connectivity index (χ4v) is 12.2. The molecule has 3 unspecified atom stereocenters. The summed E-state index contributed by atoms with van der Waals surface area (Å²) >= 11 is 2.32. The number of nitrogens with zero attached hydrogens (tertiary/aromatic N) is 1. The first-order valence-corrected chi connectivity index (χ1v) is 27.1. The Hall–Kier alpha value is -2.25. The number of piperidine rings is 1. The van der Waals surface area contributed by atoms with Gasteiger partial charge in [0.2, 0.25) is 5.79 Å². The lowest BCUT2D eigenvalue weighted by Crippen LogP contribution is -2.61. The number of halogens is 1. The largest absolute Gasteiger partial charge is 0.460 e. The van der Waals surface area contributed by atoms with E-state index in [1.54, 1.807) is 62.0 Å². The van der Waals surface area contributed by atoms with Crippen LogP contribution in [0.1, 0.15) is 126 Å². The van der Waals surface area contributed by atoms with Crippen molar-refractivity contribution >= 4 is 59.4 Å². The van der Waals surface area contributed by atoms with Gasteiger partial charge >= 0.3 is 5.97 Å². The van der Waals surface area contributed by atoms with E-state index in [9.17, 15) is 39.3 Å². The number of cyclic esters (lactones) is 1. The molecule has 4 aliphatic rings. The molecule has 366 valence electrons. The number of fused-ring (bicyclic) bond motifs is 3. The zero-order chi connectivity index (χ0) is 48.2. The van der Waals surface area contributed by atoms with Gasteiger partial charge in [0.15, 0.2) is 5.78 Å². The molecule has 4 rings (SSSR count). The Bertz CT molecular complexity index is 1770. The molecule has 13 nitrogen and oxygen atoms in total. The highest BCUT2D eigenvalue weighted by Crippen LogP contribution is 2.40. The van der Waals surface area contributed by atoms with Gasteiger partial charge in [0.25, 0.3) is 11.7 Å². The van der Waals surface area contributed by atoms with Gasteiger partial charge in [0, 0.05) is 56.6 Å². The number of rotatable bonds is 6. The second kappa shape index (κ2) is 25.9. The lowest BCUT2D eigenvalue weighted by molar-refractivity contribution is -0.265. The molecular formula is C50H76INO12S. The van der Waals surface area contributed by atoms with Crippen molar-refractivity contribution < 1.29 is 58.2 Å². The summed E-state index contributed by atoms with van der Waals surface area (Å²) in [5, 5.41) is 34.8. The summed E-state index contributed by atoms with van der Waals surface area (Å²) in [6.07, 6.45) is 11.9. The minimum absolute atomic E-state index is 0.00469. The number of ether oxygens (including phenoxy) is 4. The van der Waals surface area contributed by atoms with Gasteiger partial charge in [0.05, 0.1) is 18.3 Å². The molecule has 3 heterocycles. The number of esters is 1. The third-order valence-electron chi connectivity index (χ3n) is 14.3. The van der Waals surface area contributed by atoms with Crippen molar-refractivity contribution in [2.45, 2.75) is 179 Å². The molecule has 0 spiro atoms. The molecule has 0 aromatic carbocycles. The predicted octanol–water partition coefficient (Wildman–Crippen LogP) is 7.62. The molecule has 1 saturated carbocycles. The molecule has 2 saturated heterocycles. The highest BCUT2D eigenvalue weighted by Gasteiger charge is 2.53. The number of aliphatic hydroxyl groups is 3. The second-order valence-electron chi connectivity index (χ2n) is 19.4. The average Bonchev–Trinajstić information content (AvgIpc) is 3.28. The maximum Gasteiger partial charge on any atom is 0.329 e. The van der Waals surface area contributed by atoms with E-state index in [0.717, 1.165) is 19.3 Å². The Morgan fingerprint density at radius 1 is 0.908 bits per heavy atom. The highest BCUT2D eigenvalue weighted by molar-refractivity contribution is 14.2. The van der Waals surface area contributed by atoms with Crippen LogP contribution in [0.5, 0.6) is 0 Å². The van der Waals surface area contributed by atoms with Gasteiger partial charge in [-0.25, -0.2) is 4.79 Å². The Balaban J connectivity index is 1.69. The molecule has 65 heavy (non-hydrogen) atoms. The number of carbonyl (C=O) groups is 5. The summed E-state index contributed by atoms with van der Waals surface area (Å²) in [6.45, 7) is 12.6. The van der Waals surface area contributed by atoms with Crippen molar-refractivity contribution in [3.8, 4) is 0 Å². The van der Waals surface area contributed by atoms with Crippen molar-refractivity contribution in [2.75, 3.05) is 20.8 Å². The number of hydrogen-bond donors (Lipinski definition) is 3. The van der Waals surface area contributed by atoms with Crippen molar-refractivity contribution in [3.63, 3.8) is 0 Å². The third kappa shape index (κ3) is 14.9.